The highest BCUT2D eigenvalue weighted by Crippen LogP contribution is 2.41. The van der Waals surface area contributed by atoms with E-state index < -0.39 is 45.8 Å². The van der Waals surface area contributed by atoms with Crippen LogP contribution in [-0.4, -0.2) is 75.2 Å². The summed E-state index contributed by atoms with van der Waals surface area (Å²) in [4.78, 5) is 50.0. The number of fused-ring (bicyclic) bond motifs is 1. The first-order chi connectivity index (χ1) is 16.7. The number of hydrogen-bond donors (Lipinski definition) is 6. The fourth-order valence-electron chi connectivity index (χ4n) is 3.24. The number of hydrogen-bond acceptors (Lipinski definition) is 14. The molecule has 0 aliphatic carbocycles. The van der Waals surface area contributed by atoms with Gasteiger partial charge >= 0.3 is 5.97 Å². The van der Waals surface area contributed by atoms with Crippen molar-refractivity contribution < 1.29 is 24.7 Å². The van der Waals surface area contributed by atoms with Crippen LogP contribution in [0.3, 0.4) is 0 Å². The number of nitrogen functional groups attached to an aromatic ring is 3. The number of nitrogens with one attached hydrogen (secondary N) is 1. The number of carboxylic acids is 1. The highest BCUT2D eigenvalue weighted by molar-refractivity contribution is 8.02. The Morgan fingerprint density at radius 3 is 2.77 bits per heavy atom. The number of thioether (sulfide) groups is 2. The van der Waals surface area contributed by atoms with Crippen LogP contribution < -0.4 is 21.9 Å². The summed E-state index contributed by atoms with van der Waals surface area (Å²) in [5, 5.41) is 31.3. The summed E-state index contributed by atoms with van der Waals surface area (Å²) in [6.45, 7) is 0. The molecule has 1 saturated heterocycles. The number of amides is 2. The molecule has 2 amide bonds. The molecule has 0 aromatic carbocycles. The van der Waals surface area contributed by atoms with Crippen molar-refractivity contribution in [3.63, 3.8) is 0 Å². The number of nitrogens with zero attached hydrogens (tertiary/aromatic N) is 6. The van der Waals surface area contributed by atoms with Crippen LogP contribution in [0.5, 0.6) is 0 Å². The van der Waals surface area contributed by atoms with Gasteiger partial charge in [-0.3, -0.25) is 14.5 Å². The van der Waals surface area contributed by atoms with Gasteiger partial charge in [0, 0.05) is 16.2 Å². The van der Waals surface area contributed by atoms with E-state index in [0.29, 0.717) is 10.6 Å². The molecule has 15 nitrogen and oxygen atoms in total. The lowest BCUT2D eigenvalue weighted by atomic mass is 10.0. The largest absolute Gasteiger partial charge is 0.477 e. The third-order valence-electron chi connectivity index (χ3n) is 4.69. The summed E-state index contributed by atoms with van der Waals surface area (Å²) in [7, 11) is -1.04. The Hall–Kier alpha value is -3.74. The second kappa shape index (κ2) is 9.86. The molecule has 1 fully saturated rings. The van der Waals surface area contributed by atoms with Gasteiger partial charge in [-0.25, -0.2) is 9.78 Å². The first-order valence-corrected chi connectivity index (χ1v) is 12.7. The summed E-state index contributed by atoms with van der Waals surface area (Å²) in [6, 6.07) is 0.476. The Bertz CT molecular complexity index is 1290. The average Bonchev–Trinajstić information content (AvgIpc) is 3.22. The van der Waals surface area contributed by atoms with Gasteiger partial charge in [-0.15, -0.1) is 16.9 Å². The van der Waals surface area contributed by atoms with E-state index in [1.165, 1.54) is 23.3 Å². The Balaban J connectivity index is 1.48. The summed E-state index contributed by atoms with van der Waals surface area (Å²) in [5.74, 6) is -2.54. The predicted octanol–water partition coefficient (Wildman–Crippen LogP) is -0.883. The Morgan fingerprint density at radius 1 is 1.37 bits per heavy atom. The zero-order valence-corrected chi connectivity index (χ0v) is 19.9. The Morgan fingerprint density at radius 2 is 2.14 bits per heavy atom. The number of carbonyl (C=O) groups is 3. The van der Waals surface area contributed by atoms with Gasteiger partial charge < -0.3 is 27.1 Å². The highest BCUT2D eigenvalue weighted by Gasteiger charge is 2.54. The zero-order valence-electron chi connectivity index (χ0n) is 17.4. The van der Waals surface area contributed by atoms with E-state index in [2.05, 4.69) is 29.8 Å². The first-order valence-electron chi connectivity index (χ1n) is 9.47. The number of carbonyl (C=O) groups excluding carboxylic acids is 2. The van der Waals surface area contributed by atoms with E-state index in [1.54, 1.807) is 11.5 Å². The smallest absolute Gasteiger partial charge is 0.352 e. The second-order valence-electron chi connectivity index (χ2n) is 6.89. The topological polar surface area (TPSA) is 249 Å². The van der Waals surface area contributed by atoms with Crippen molar-refractivity contribution in [2.24, 2.45) is 5.16 Å². The molecule has 35 heavy (non-hydrogen) atoms. The number of oxime groups is 1. The molecular formula is C17H17N10O5S3+. The van der Waals surface area contributed by atoms with E-state index in [9.17, 15) is 24.7 Å². The van der Waals surface area contributed by atoms with Crippen molar-refractivity contribution >= 4 is 69.6 Å². The standard InChI is InChI=1S/C17H16N10O5S3/c18-7-3-8(23-17(19)22-7)33-2-1-6-4-34-15-10(14(29)27(15)11(6)16(30)31)24-13(28)9(25-32)12-21-5-35(20)26-12/h1-3,5,10,15,20,32H,4H2,(H,24,28)(H,30,31)(H4,18,19,22,23)/p+1/b2-1+,25-9?/t10-,15-,35?/m1/s1. The summed E-state index contributed by atoms with van der Waals surface area (Å²) < 4.78 is 3.87. The normalized spacial score (nSPS) is 20.6. The van der Waals surface area contributed by atoms with E-state index in [4.69, 9.17) is 16.6 Å². The summed E-state index contributed by atoms with van der Waals surface area (Å²) in [6.07, 6.45) is 1.56. The lowest BCUT2D eigenvalue weighted by Crippen LogP contribution is -2.71. The van der Waals surface area contributed by atoms with Crippen LogP contribution in [0, 0.1) is 0 Å². The van der Waals surface area contributed by atoms with Gasteiger partial charge in [-0.05, 0) is 17.1 Å². The maximum Gasteiger partial charge on any atom is 0.352 e. The van der Waals surface area contributed by atoms with Gasteiger partial charge in [-0.2, -0.15) is 9.97 Å². The minimum atomic E-state index is -1.30. The van der Waals surface area contributed by atoms with Crippen molar-refractivity contribution in [1.82, 2.24) is 29.5 Å². The van der Waals surface area contributed by atoms with Crippen LogP contribution in [0.15, 0.2) is 44.5 Å². The van der Waals surface area contributed by atoms with E-state index in [1.807, 2.05) is 0 Å². The predicted molar refractivity (Wildman–Crippen MR) is 129 cm³/mol. The molecule has 2 aliphatic rings. The number of carboxylic acid groups (broad SMARTS) is 1. The maximum atomic E-state index is 12.8. The number of nitrogens with two attached hydrogens (primary N) is 3. The van der Waals surface area contributed by atoms with Crippen LogP contribution in [0.1, 0.15) is 5.82 Å². The molecule has 2 aliphatic heterocycles. The Kier molecular flexibility index (Phi) is 6.87. The lowest BCUT2D eigenvalue weighted by molar-refractivity contribution is -0.150. The molecule has 0 spiro atoms. The van der Waals surface area contributed by atoms with Gasteiger partial charge in [-0.1, -0.05) is 16.9 Å². The SMILES string of the molecule is Nc1cc(S/C=C/C2=C(C(=O)O)N3C(=O)[C@@H](NC(=O)C(=NO)c4nc[s+](N)n4)[C@H]3SC2)nc(N)n1. The molecule has 3 atom stereocenters. The zero-order chi connectivity index (χ0) is 25.3. The molecule has 9 N–H and O–H groups in total. The van der Waals surface area contributed by atoms with E-state index >= 15 is 0 Å². The van der Waals surface area contributed by atoms with Gasteiger partial charge in [0.2, 0.25) is 28.3 Å². The number of aromatic nitrogens is 4. The van der Waals surface area contributed by atoms with Crippen LogP contribution in [-0.2, 0) is 14.4 Å². The van der Waals surface area contributed by atoms with Crippen molar-refractivity contribution in [2.45, 2.75) is 16.4 Å². The van der Waals surface area contributed by atoms with E-state index in [0.717, 1.165) is 16.7 Å². The molecule has 0 bridgehead atoms. The van der Waals surface area contributed by atoms with Crippen LogP contribution in [0.2, 0.25) is 0 Å². The second-order valence-corrected chi connectivity index (χ2v) is 10.0. The van der Waals surface area contributed by atoms with E-state index in [-0.39, 0.29) is 29.0 Å². The quantitative estimate of drug-likeness (QED) is 0.0477. The molecule has 2 aromatic rings. The third-order valence-corrected chi connectivity index (χ3v) is 7.42. The molecular weight excluding hydrogens is 520 g/mol. The van der Waals surface area contributed by atoms with Crippen molar-refractivity contribution in [3.05, 3.63) is 40.2 Å². The van der Waals surface area contributed by atoms with Gasteiger partial charge in [0.1, 0.15) is 28.0 Å². The summed E-state index contributed by atoms with van der Waals surface area (Å²) >= 11 is 2.41. The molecule has 0 radical (unpaired) electrons. The maximum absolute atomic E-state index is 12.8. The van der Waals surface area contributed by atoms with Crippen LogP contribution in [0.25, 0.3) is 0 Å². The highest BCUT2D eigenvalue weighted by atomic mass is 32.2. The average molecular weight is 538 g/mol. The third kappa shape index (κ3) is 4.90. The molecule has 1 unspecified atom stereocenters. The van der Waals surface area contributed by atoms with Gasteiger partial charge in [0.05, 0.1) is 0 Å². The molecule has 4 heterocycles. The number of rotatable bonds is 7. The number of allylic oxidation sites excluding steroid dienone is 1. The Labute approximate surface area is 207 Å². The fraction of sp³-hybridized carbons (Fsp3) is 0.176. The minimum Gasteiger partial charge on any atom is -0.477 e. The number of anilines is 2. The van der Waals surface area contributed by atoms with Crippen LogP contribution >= 0.6 is 34.4 Å². The fourth-order valence-corrected chi connectivity index (χ4v) is 5.85. The first kappa shape index (κ1) is 24.4. The molecule has 182 valence electrons. The van der Waals surface area contributed by atoms with Crippen molar-refractivity contribution in [3.8, 4) is 0 Å². The number of aliphatic carboxylic acids is 1. The van der Waals surface area contributed by atoms with Gasteiger partial charge in [0.25, 0.3) is 17.3 Å². The monoisotopic (exact) mass is 537 g/mol. The van der Waals surface area contributed by atoms with Crippen molar-refractivity contribution in [2.75, 3.05) is 22.4 Å². The van der Waals surface area contributed by atoms with Crippen LogP contribution in [0.4, 0.5) is 11.8 Å². The lowest BCUT2D eigenvalue weighted by Gasteiger charge is -2.49. The molecule has 18 heteroatoms. The minimum absolute atomic E-state index is 0.00568. The summed E-state index contributed by atoms with van der Waals surface area (Å²) in [5.41, 5.74) is 12.2. The van der Waals surface area contributed by atoms with Gasteiger partial charge in [0.15, 0.2) is 0 Å². The molecule has 2 aromatic heterocycles. The number of β-lactam (4-membered cyclic amide) rings is 1. The van der Waals surface area contributed by atoms with Crippen molar-refractivity contribution in [1.29, 1.82) is 0 Å². The molecule has 0 saturated carbocycles. The molecule has 4 rings (SSSR count).